The fourth-order valence-corrected chi connectivity index (χ4v) is 3.86. The Hall–Kier alpha value is -1.41. The van der Waals surface area contributed by atoms with Gasteiger partial charge in [0.2, 0.25) is 5.91 Å². The summed E-state index contributed by atoms with van der Waals surface area (Å²) in [5.74, 6) is -0.657. The summed E-state index contributed by atoms with van der Waals surface area (Å²) in [4.78, 5) is 11.9. The van der Waals surface area contributed by atoms with Crippen LogP contribution in [0.1, 0.15) is 6.92 Å². The van der Waals surface area contributed by atoms with E-state index in [-0.39, 0.29) is 11.5 Å². The maximum Gasteiger partial charge on any atom is 0.239 e. The number of amides is 1. The van der Waals surface area contributed by atoms with Gasteiger partial charge in [0.25, 0.3) is 0 Å². The molecule has 0 radical (unpaired) electrons. The zero-order valence-electron chi connectivity index (χ0n) is 11.3. The number of rotatable bonds is 6. The highest BCUT2D eigenvalue weighted by Crippen LogP contribution is 2.11. The lowest BCUT2D eigenvalue weighted by atomic mass is 10.3. The summed E-state index contributed by atoms with van der Waals surface area (Å²) in [5, 5.41) is 1.83. The number of carbonyl (C=O) groups excluding carboxylic acids is 1. The summed E-state index contributed by atoms with van der Waals surface area (Å²) in [5.41, 5.74) is 6.66. The van der Waals surface area contributed by atoms with Gasteiger partial charge in [-0.05, 0) is 31.2 Å². The third-order valence-corrected chi connectivity index (χ3v) is 5.41. The molecule has 0 spiro atoms. The molecule has 0 aliphatic heterocycles. The molecule has 0 saturated carbocycles. The highest BCUT2D eigenvalue weighted by molar-refractivity contribution is 7.92. The largest absolute Gasteiger partial charge is 0.399 e. The molecular weight excluding hydrogens is 300 g/mol. The van der Waals surface area contributed by atoms with Crippen LogP contribution in [-0.2, 0) is 25.4 Å². The van der Waals surface area contributed by atoms with Crippen LogP contribution in [0.2, 0.25) is 0 Å². The number of nitrogens with one attached hydrogen (secondary N) is 1. The lowest BCUT2D eigenvalue weighted by molar-refractivity contribution is -0.115. The molecule has 0 fully saturated rings. The van der Waals surface area contributed by atoms with E-state index in [1.54, 1.807) is 24.3 Å². The molecule has 1 rings (SSSR count). The number of hydrogen-bond acceptors (Lipinski definition) is 5. The van der Waals surface area contributed by atoms with E-state index in [1.807, 2.05) is 0 Å². The quantitative estimate of drug-likeness (QED) is 0.738. The minimum atomic E-state index is -3.18. The molecule has 0 saturated heterocycles. The minimum Gasteiger partial charge on any atom is -0.399 e. The Balaban J connectivity index is 2.58. The second kappa shape index (κ2) is 6.85. The summed E-state index contributed by atoms with van der Waals surface area (Å²) in [6.45, 7) is 1.50. The smallest absolute Gasteiger partial charge is 0.239 e. The van der Waals surface area contributed by atoms with Crippen molar-refractivity contribution in [3.05, 3.63) is 24.3 Å². The van der Waals surface area contributed by atoms with Crippen molar-refractivity contribution in [1.82, 2.24) is 0 Å². The molecule has 0 aliphatic rings. The molecule has 112 valence electrons. The molecule has 0 aromatic heterocycles. The molecule has 1 amide bonds. The van der Waals surface area contributed by atoms with Gasteiger partial charge in [-0.2, -0.15) is 0 Å². The molecule has 20 heavy (non-hydrogen) atoms. The van der Waals surface area contributed by atoms with Gasteiger partial charge < -0.3 is 11.1 Å². The Bertz CT molecular complexity index is 596. The average molecular weight is 318 g/mol. The fraction of sp³-hybridized carbons (Fsp3) is 0.417. The first-order valence-corrected chi connectivity index (χ1v) is 9.34. The summed E-state index contributed by atoms with van der Waals surface area (Å²) >= 11 is 0. The summed E-state index contributed by atoms with van der Waals surface area (Å²) < 4.78 is 33.8. The summed E-state index contributed by atoms with van der Waals surface area (Å²) in [6, 6.07) is 6.56. The highest BCUT2D eigenvalue weighted by atomic mass is 32.2. The van der Waals surface area contributed by atoms with Gasteiger partial charge in [-0.3, -0.25) is 9.00 Å². The van der Waals surface area contributed by atoms with Crippen LogP contribution in [0, 0.1) is 0 Å². The SMILES string of the molecule is CC(C(=O)Nc1ccc(N)cc1)S(=O)CCS(C)(=O)=O. The second-order valence-electron chi connectivity index (χ2n) is 4.47. The Morgan fingerprint density at radius 3 is 2.40 bits per heavy atom. The van der Waals surface area contributed by atoms with Gasteiger partial charge in [0.1, 0.15) is 15.1 Å². The van der Waals surface area contributed by atoms with Crippen molar-refractivity contribution in [3.8, 4) is 0 Å². The van der Waals surface area contributed by atoms with Crippen LogP contribution < -0.4 is 11.1 Å². The van der Waals surface area contributed by atoms with E-state index in [9.17, 15) is 17.4 Å². The second-order valence-corrected chi connectivity index (χ2v) is 8.60. The van der Waals surface area contributed by atoms with Gasteiger partial charge >= 0.3 is 0 Å². The lowest BCUT2D eigenvalue weighted by Crippen LogP contribution is -2.31. The maximum atomic E-state index is 11.9. The van der Waals surface area contributed by atoms with Crippen molar-refractivity contribution in [2.45, 2.75) is 12.2 Å². The van der Waals surface area contributed by atoms with Crippen molar-refractivity contribution in [3.63, 3.8) is 0 Å². The molecule has 2 unspecified atom stereocenters. The number of sulfone groups is 1. The lowest BCUT2D eigenvalue weighted by Gasteiger charge is -2.12. The molecular formula is C12H18N2O4S2. The van der Waals surface area contributed by atoms with Crippen LogP contribution in [-0.4, -0.2) is 41.5 Å². The summed E-state index contributed by atoms with van der Waals surface area (Å²) in [7, 11) is -4.72. The van der Waals surface area contributed by atoms with E-state index in [1.165, 1.54) is 6.92 Å². The van der Waals surface area contributed by atoms with Crippen LogP contribution in [0.15, 0.2) is 24.3 Å². The first kappa shape index (κ1) is 16.6. The molecule has 8 heteroatoms. The predicted octanol–water partition coefficient (Wildman–Crippen LogP) is 0.389. The molecule has 0 heterocycles. The van der Waals surface area contributed by atoms with E-state index < -0.39 is 31.8 Å². The fourth-order valence-electron chi connectivity index (χ4n) is 1.34. The topological polar surface area (TPSA) is 106 Å². The number of hydrogen-bond donors (Lipinski definition) is 2. The molecule has 1 aromatic rings. The molecule has 0 bridgehead atoms. The predicted molar refractivity (Wildman–Crippen MR) is 81.7 cm³/mol. The van der Waals surface area contributed by atoms with Crippen LogP contribution in [0.3, 0.4) is 0 Å². The zero-order chi connectivity index (χ0) is 15.3. The maximum absolute atomic E-state index is 11.9. The first-order valence-electron chi connectivity index (χ1n) is 5.90. The number of nitrogens with two attached hydrogens (primary N) is 1. The Morgan fingerprint density at radius 2 is 1.90 bits per heavy atom. The van der Waals surface area contributed by atoms with Gasteiger partial charge in [-0.25, -0.2) is 8.42 Å². The van der Waals surface area contributed by atoms with Crippen molar-refractivity contribution >= 4 is 37.9 Å². The zero-order valence-corrected chi connectivity index (χ0v) is 13.0. The van der Waals surface area contributed by atoms with Gasteiger partial charge in [0, 0.05) is 34.2 Å². The summed E-state index contributed by atoms with van der Waals surface area (Å²) in [6.07, 6.45) is 1.07. The molecule has 2 atom stereocenters. The number of anilines is 2. The van der Waals surface area contributed by atoms with Crippen molar-refractivity contribution in [2.24, 2.45) is 0 Å². The Kier molecular flexibility index (Phi) is 5.70. The van der Waals surface area contributed by atoms with Gasteiger partial charge in [-0.15, -0.1) is 0 Å². The van der Waals surface area contributed by atoms with Crippen molar-refractivity contribution < 1.29 is 17.4 Å². The molecule has 1 aromatic carbocycles. The van der Waals surface area contributed by atoms with Crippen molar-refractivity contribution in [2.75, 3.05) is 28.8 Å². The van der Waals surface area contributed by atoms with E-state index in [0.29, 0.717) is 11.4 Å². The van der Waals surface area contributed by atoms with Gasteiger partial charge in [-0.1, -0.05) is 0 Å². The monoisotopic (exact) mass is 318 g/mol. The van der Waals surface area contributed by atoms with Crippen LogP contribution in [0.25, 0.3) is 0 Å². The number of benzene rings is 1. The molecule has 3 N–H and O–H groups in total. The standard InChI is InChI=1S/C12H18N2O4S2/c1-9(19(16)7-8-20(2,17)18)12(15)14-11-5-3-10(13)4-6-11/h3-6,9H,7-8,13H2,1-2H3,(H,14,15). The number of carbonyl (C=O) groups is 1. The minimum absolute atomic E-state index is 0.0465. The number of nitrogen functional groups attached to an aromatic ring is 1. The van der Waals surface area contributed by atoms with Crippen LogP contribution in [0.5, 0.6) is 0 Å². The average Bonchev–Trinajstić information content (AvgIpc) is 2.36. The van der Waals surface area contributed by atoms with Gasteiger partial charge in [0.05, 0.1) is 5.75 Å². The third-order valence-electron chi connectivity index (χ3n) is 2.60. The first-order chi connectivity index (χ1) is 9.19. The van der Waals surface area contributed by atoms with E-state index in [0.717, 1.165) is 6.26 Å². The Morgan fingerprint density at radius 1 is 1.35 bits per heavy atom. The molecule has 6 nitrogen and oxygen atoms in total. The normalized spacial score (nSPS) is 14.5. The molecule has 0 aliphatic carbocycles. The van der Waals surface area contributed by atoms with Crippen LogP contribution in [0.4, 0.5) is 11.4 Å². The van der Waals surface area contributed by atoms with Crippen molar-refractivity contribution in [1.29, 1.82) is 0 Å². The van der Waals surface area contributed by atoms with E-state index >= 15 is 0 Å². The highest BCUT2D eigenvalue weighted by Gasteiger charge is 2.21. The Labute approximate surface area is 121 Å². The van der Waals surface area contributed by atoms with E-state index in [2.05, 4.69) is 5.32 Å². The van der Waals surface area contributed by atoms with E-state index in [4.69, 9.17) is 5.73 Å². The van der Waals surface area contributed by atoms with Gasteiger partial charge in [0.15, 0.2) is 0 Å². The van der Waals surface area contributed by atoms with Crippen LogP contribution >= 0.6 is 0 Å². The third kappa shape index (κ3) is 5.70.